The van der Waals surface area contributed by atoms with Gasteiger partial charge < -0.3 is 20.5 Å². The Morgan fingerprint density at radius 2 is 1.91 bits per heavy atom. The molecule has 0 saturated heterocycles. The molecule has 2 aliphatic rings. The molecule has 6 heteroatoms. The smallest absolute Gasteiger partial charge is 0.231 e. The predicted molar refractivity (Wildman–Crippen MR) is 88.7 cm³/mol. The highest BCUT2D eigenvalue weighted by atomic mass is 35.5. The van der Waals surface area contributed by atoms with Gasteiger partial charge in [-0.05, 0) is 18.8 Å². The fourth-order valence-electron chi connectivity index (χ4n) is 3.13. The zero-order chi connectivity index (χ0) is 14.7. The van der Waals surface area contributed by atoms with Crippen molar-refractivity contribution in [1.82, 2.24) is 0 Å². The van der Waals surface area contributed by atoms with E-state index in [1.807, 2.05) is 0 Å². The van der Waals surface area contributed by atoms with Crippen LogP contribution in [0.2, 0.25) is 0 Å². The maximum Gasteiger partial charge on any atom is 0.231 e. The number of carbonyl (C=O) groups is 1. The highest BCUT2D eigenvalue weighted by Crippen LogP contribution is 2.38. The van der Waals surface area contributed by atoms with E-state index in [-0.39, 0.29) is 25.1 Å². The van der Waals surface area contributed by atoms with Crippen LogP contribution in [0.5, 0.6) is 11.5 Å². The second-order valence-electron chi connectivity index (χ2n) is 5.88. The Hall–Kier alpha value is -1.62. The van der Waals surface area contributed by atoms with E-state index < -0.39 is 0 Å². The van der Waals surface area contributed by atoms with E-state index in [9.17, 15) is 4.79 Å². The molecule has 1 saturated carbocycles. The van der Waals surface area contributed by atoms with Crippen molar-refractivity contribution in [3.63, 3.8) is 0 Å². The van der Waals surface area contributed by atoms with Gasteiger partial charge in [0.1, 0.15) is 0 Å². The number of carbonyl (C=O) groups excluding carboxylic acids is 1. The first kappa shape index (κ1) is 16.7. The lowest BCUT2D eigenvalue weighted by atomic mass is 10.0. The van der Waals surface area contributed by atoms with Crippen molar-refractivity contribution < 1.29 is 14.3 Å². The predicted octanol–water partition coefficient (Wildman–Crippen LogP) is 3.72. The van der Waals surface area contributed by atoms with Crippen LogP contribution in [-0.2, 0) is 4.79 Å². The molecule has 0 spiro atoms. The van der Waals surface area contributed by atoms with E-state index in [0.717, 1.165) is 18.8 Å². The summed E-state index contributed by atoms with van der Waals surface area (Å²) < 4.78 is 10.5. The van der Waals surface area contributed by atoms with Crippen LogP contribution in [0, 0.1) is 5.92 Å². The molecule has 1 aliphatic heterocycles. The summed E-state index contributed by atoms with van der Waals surface area (Å²) in [6.45, 7) is 0.202. The van der Waals surface area contributed by atoms with Crippen molar-refractivity contribution in [1.29, 1.82) is 0 Å². The summed E-state index contributed by atoms with van der Waals surface area (Å²) in [5, 5.41) is 2.87. The maximum atomic E-state index is 12.0. The number of amides is 1. The summed E-state index contributed by atoms with van der Waals surface area (Å²) in [5.74, 6) is 2.10. The van der Waals surface area contributed by atoms with Gasteiger partial charge in [-0.1, -0.05) is 25.7 Å². The minimum absolute atomic E-state index is 0. The molecule has 0 unspecified atom stereocenters. The molecule has 3 N–H and O–H groups in total. The Morgan fingerprint density at radius 1 is 1.23 bits per heavy atom. The topological polar surface area (TPSA) is 73.6 Å². The van der Waals surface area contributed by atoms with Crippen molar-refractivity contribution >= 4 is 29.7 Å². The van der Waals surface area contributed by atoms with Crippen molar-refractivity contribution in [2.45, 2.75) is 44.9 Å². The van der Waals surface area contributed by atoms with E-state index in [1.165, 1.54) is 25.7 Å². The molecular weight excluding hydrogens is 304 g/mol. The van der Waals surface area contributed by atoms with Crippen LogP contribution >= 0.6 is 12.4 Å². The third-order valence-electron chi connectivity index (χ3n) is 4.31. The summed E-state index contributed by atoms with van der Waals surface area (Å²) in [4.78, 5) is 12.0. The van der Waals surface area contributed by atoms with Crippen LogP contribution < -0.4 is 20.5 Å². The van der Waals surface area contributed by atoms with Crippen molar-refractivity contribution in [2.24, 2.45) is 5.92 Å². The fraction of sp³-hybridized carbons (Fsp3) is 0.562. The van der Waals surface area contributed by atoms with Gasteiger partial charge >= 0.3 is 0 Å². The third-order valence-corrected chi connectivity index (χ3v) is 4.31. The second kappa shape index (κ2) is 7.58. The second-order valence-corrected chi connectivity index (χ2v) is 5.88. The van der Waals surface area contributed by atoms with Gasteiger partial charge in [-0.2, -0.15) is 0 Å². The molecule has 3 rings (SSSR count). The number of anilines is 2. The number of hydrogen-bond acceptors (Lipinski definition) is 4. The number of benzene rings is 1. The largest absolute Gasteiger partial charge is 0.454 e. The Balaban J connectivity index is 0.00000176. The SMILES string of the molecule is Cl.Nc1cc2c(cc1NC(=O)CCCC1CCCC1)OCO2. The summed E-state index contributed by atoms with van der Waals surface area (Å²) >= 11 is 0. The van der Waals surface area contributed by atoms with Crippen molar-refractivity contribution in [3.8, 4) is 11.5 Å². The zero-order valence-electron chi connectivity index (χ0n) is 12.6. The normalized spacial score (nSPS) is 16.4. The summed E-state index contributed by atoms with van der Waals surface area (Å²) in [6, 6.07) is 3.42. The van der Waals surface area contributed by atoms with Gasteiger partial charge in [0, 0.05) is 18.6 Å². The molecular formula is C16H23ClN2O3. The number of nitrogens with two attached hydrogens (primary N) is 1. The van der Waals surface area contributed by atoms with Gasteiger partial charge in [-0.3, -0.25) is 4.79 Å². The van der Waals surface area contributed by atoms with E-state index in [2.05, 4.69) is 5.32 Å². The van der Waals surface area contributed by atoms with Crippen LogP contribution in [0.3, 0.4) is 0 Å². The molecule has 0 atom stereocenters. The molecule has 1 aliphatic carbocycles. The van der Waals surface area contributed by atoms with Crippen molar-refractivity contribution in [2.75, 3.05) is 17.8 Å². The molecule has 1 amide bonds. The van der Waals surface area contributed by atoms with Crippen LogP contribution in [0.25, 0.3) is 0 Å². The Morgan fingerprint density at radius 3 is 2.64 bits per heavy atom. The van der Waals surface area contributed by atoms with E-state index in [0.29, 0.717) is 29.3 Å². The number of fused-ring (bicyclic) bond motifs is 1. The minimum atomic E-state index is 0. The van der Waals surface area contributed by atoms with Gasteiger partial charge in [0.05, 0.1) is 11.4 Å². The van der Waals surface area contributed by atoms with Gasteiger partial charge in [0.25, 0.3) is 0 Å². The Labute approximate surface area is 137 Å². The molecule has 122 valence electrons. The Kier molecular flexibility index (Phi) is 5.77. The lowest BCUT2D eigenvalue weighted by Crippen LogP contribution is -2.13. The number of hydrogen-bond donors (Lipinski definition) is 2. The Bertz CT molecular complexity index is 530. The molecule has 0 radical (unpaired) electrons. The van der Waals surface area contributed by atoms with Gasteiger partial charge in [0.2, 0.25) is 12.7 Å². The monoisotopic (exact) mass is 326 g/mol. The molecule has 0 bridgehead atoms. The van der Waals surface area contributed by atoms with Crippen LogP contribution in [0.4, 0.5) is 11.4 Å². The first-order valence-corrected chi connectivity index (χ1v) is 7.71. The number of nitrogens with one attached hydrogen (secondary N) is 1. The minimum Gasteiger partial charge on any atom is -0.454 e. The number of ether oxygens (including phenoxy) is 2. The molecule has 5 nitrogen and oxygen atoms in total. The van der Waals surface area contributed by atoms with Gasteiger partial charge in [-0.15, -0.1) is 12.4 Å². The number of nitrogen functional groups attached to an aromatic ring is 1. The van der Waals surface area contributed by atoms with Crippen LogP contribution in [0.1, 0.15) is 44.9 Å². The first-order valence-electron chi connectivity index (χ1n) is 7.71. The fourth-order valence-corrected chi connectivity index (χ4v) is 3.13. The summed E-state index contributed by atoms with van der Waals surface area (Å²) in [5.41, 5.74) is 7.02. The maximum absolute atomic E-state index is 12.0. The summed E-state index contributed by atoms with van der Waals surface area (Å²) in [7, 11) is 0. The standard InChI is InChI=1S/C16H22N2O3.ClH/c17-12-8-14-15(21-10-20-14)9-13(12)18-16(19)7-3-6-11-4-1-2-5-11;/h8-9,11H,1-7,10,17H2,(H,18,19);1H. The average molecular weight is 327 g/mol. The highest BCUT2D eigenvalue weighted by Gasteiger charge is 2.18. The van der Waals surface area contributed by atoms with Gasteiger partial charge in [0.15, 0.2) is 11.5 Å². The summed E-state index contributed by atoms with van der Waals surface area (Å²) in [6.07, 6.45) is 8.01. The average Bonchev–Trinajstić information content (AvgIpc) is 3.10. The quantitative estimate of drug-likeness (QED) is 0.809. The zero-order valence-corrected chi connectivity index (χ0v) is 13.4. The van der Waals surface area contributed by atoms with E-state index >= 15 is 0 Å². The van der Waals surface area contributed by atoms with E-state index in [1.54, 1.807) is 12.1 Å². The number of halogens is 1. The van der Waals surface area contributed by atoms with E-state index in [4.69, 9.17) is 15.2 Å². The van der Waals surface area contributed by atoms with Crippen molar-refractivity contribution in [3.05, 3.63) is 12.1 Å². The third kappa shape index (κ3) is 3.97. The van der Waals surface area contributed by atoms with Crippen LogP contribution in [0.15, 0.2) is 12.1 Å². The van der Waals surface area contributed by atoms with Crippen LogP contribution in [-0.4, -0.2) is 12.7 Å². The van der Waals surface area contributed by atoms with Gasteiger partial charge in [-0.25, -0.2) is 0 Å². The highest BCUT2D eigenvalue weighted by molar-refractivity contribution is 5.94. The molecule has 1 aromatic carbocycles. The molecule has 1 fully saturated rings. The molecule has 1 heterocycles. The first-order chi connectivity index (χ1) is 10.2. The molecule has 0 aromatic heterocycles. The lowest BCUT2D eigenvalue weighted by molar-refractivity contribution is -0.116. The lowest BCUT2D eigenvalue weighted by Gasteiger charge is -2.11. The molecule has 22 heavy (non-hydrogen) atoms. The number of rotatable bonds is 5. The molecule has 1 aromatic rings.